The molecule has 0 spiro atoms. The number of ether oxygens (including phenoxy) is 3. The SMILES string of the molecule is COCCNC(=O)/C(=C\c1ccc(OC(F)(F)F)cc1)NC(=O)c1ccc(OCCC(F)(F)F)cc1. The van der Waals surface area contributed by atoms with Crippen molar-refractivity contribution in [1.82, 2.24) is 10.6 Å². The molecule has 0 aliphatic rings. The molecule has 2 aromatic rings. The van der Waals surface area contributed by atoms with Gasteiger partial charge in [0.25, 0.3) is 11.8 Å². The van der Waals surface area contributed by atoms with Crippen molar-refractivity contribution < 1.29 is 50.1 Å². The number of rotatable bonds is 11. The van der Waals surface area contributed by atoms with E-state index in [2.05, 4.69) is 15.4 Å². The number of alkyl halides is 6. The third-order valence-electron chi connectivity index (χ3n) is 4.28. The predicted molar refractivity (Wildman–Crippen MR) is 116 cm³/mol. The molecule has 2 rings (SSSR count). The largest absolute Gasteiger partial charge is 0.573 e. The maximum Gasteiger partial charge on any atom is 0.573 e. The van der Waals surface area contributed by atoms with Gasteiger partial charge in [0.05, 0.1) is 19.6 Å². The minimum atomic E-state index is -4.86. The van der Waals surface area contributed by atoms with Crippen molar-refractivity contribution in [3.63, 3.8) is 0 Å². The molecule has 13 heteroatoms. The number of nitrogens with one attached hydrogen (secondary N) is 2. The summed E-state index contributed by atoms with van der Waals surface area (Å²) in [4.78, 5) is 25.2. The molecule has 0 heterocycles. The smallest absolute Gasteiger partial charge is 0.493 e. The van der Waals surface area contributed by atoms with E-state index in [9.17, 15) is 35.9 Å². The van der Waals surface area contributed by atoms with Crippen molar-refractivity contribution >= 4 is 17.9 Å². The molecule has 2 N–H and O–H groups in total. The molecule has 0 atom stereocenters. The highest BCUT2D eigenvalue weighted by molar-refractivity contribution is 6.05. The van der Waals surface area contributed by atoms with Gasteiger partial charge < -0.3 is 24.8 Å². The number of halogens is 6. The van der Waals surface area contributed by atoms with Crippen LogP contribution in [0.15, 0.2) is 54.2 Å². The maximum absolute atomic E-state index is 12.7. The monoisotopic (exact) mass is 520 g/mol. The van der Waals surface area contributed by atoms with Crippen LogP contribution in [0.2, 0.25) is 0 Å². The molecule has 0 bridgehead atoms. The first kappa shape index (κ1) is 28.5. The minimum Gasteiger partial charge on any atom is -0.493 e. The van der Waals surface area contributed by atoms with Crippen LogP contribution in [0.4, 0.5) is 26.3 Å². The molecule has 0 saturated heterocycles. The standard InChI is InChI=1S/C23H22F6N2O5/c1-34-13-11-30-21(33)19(14-15-2-6-18(7-3-15)36-23(27,28)29)31-20(32)16-4-8-17(9-5-16)35-12-10-22(24,25)26/h2-9,14H,10-13H2,1H3,(H,30,33)(H,31,32)/b19-14+. The topological polar surface area (TPSA) is 85.9 Å². The lowest BCUT2D eigenvalue weighted by Gasteiger charge is -2.12. The van der Waals surface area contributed by atoms with Gasteiger partial charge in [0.1, 0.15) is 17.2 Å². The van der Waals surface area contributed by atoms with Crippen molar-refractivity contribution in [3.05, 3.63) is 65.4 Å². The quantitative estimate of drug-likeness (QED) is 0.260. The van der Waals surface area contributed by atoms with Crippen LogP contribution in [0.1, 0.15) is 22.3 Å². The highest BCUT2D eigenvalue weighted by Crippen LogP contribution is 2.23. The number of carbonyl (C=O) groups is 2. The number of amides is 2. The number of hydrogen-bond acceptors (Lipinski definition) is 5. The van der Waals surface area contributed by atoms with Gasteiger partial charge in [-0.2, -0.15) is 13.2 Å². The van der Waals surface area contributed by atoms with Crippen LogP contribution in [-0.2, 0) is 9.53 Å². The molecule has 0 aliphatic heterocycles. The average molecular weight is 520 g/mol. The van der Waals surface area contributed by atoms with Crippen LogP contribution in [0.25, 0.3) is 6.08 Å². The second-order valence-electron chi connectivity index (χ2n) is 7.12. The van der Waals surface area contributed by atoms with Crippen molar-refractivity contribution in [3.8, 4) is 11.5 Å². The molecule has 196 valence electrons. The van der Waals surface area contributed by atoms with Crippen LogP contribution in [0, 0.1) is 0 Å². The Labute approximate surface area is 202 Å². The van der Waals surface area contributed by atoms with E-state index < -0.39 is 43.1 Å². The minimum absolute atomic E-state index is 0.0719. The maximum atomic E-state index is 12.7. The third kappa shape index (κ3) is 10.7. The Morgan fingerprint density at radius 3 is 2.06 bits per heavy atom. The predicted octanol–water partition coefficient (Wildman–Crippen LogP) is 4.45. The van der Waals surface area contributed by atoms with E-state index >= 15 is 0 Å². The van der Waals surface area contributed by atoms with Crippen LogP contribution < -0.4 is 20.1 Å². The van der Waals surface area contributed by atoms with Gasteiger partial charge in [-0.15, -0.1) is 13.2 Å². The van der Waals surface area contributed by atoms with Crippen LogP contribution in [0.3, 0.4) is 0 Å². The average Bonchev–Trinajstić information content (AvgIpc) is 2.78. The fourth-order valence-electron chi connectivity index (χ4n) is 2.63. The number of methoxy groups -OCH3 is 1. The first-order chi connectivity index (χ1) is 16.9. The first-order valence-corrected chi connectivity index (χ1v) is 10.3. The van der Waals surface area contributed by atoms with E-state index in [4.69, 9.17) is 9.47 Å². The molecule has 0 aliphatic carbocycles. The lowest BCUT2D eigenvalue weighted by atomic mass is 10.1. The van der Waals surface area contributed by atoms with Gasteiger partial charge in [-0.25, -0.2) is 0 Å². The third-order valence-corrected chi connectivity index (χ3v) is 4.28. The Balaban J connectivity index is 2.14. The van der Waals surface area contributed by atoms with Gasteiger partial charge in [-0.1, -0.05) is 12.1 Å². The Morgan fingerprint density at radius 2 is 1.50 bits per heavy atom. The van der Waals surface area contributed by atoms with Gasteiger partial charge in [0.2, 0.25) is 0 Å². The van der Waals surface area contributed by atoms with Crippen molar-refractivity contribution in [2.45, 2.75) is 19.0 Å². The molecular weight excluding hydrogens is 498 g/mol. The van der Waals surface area contributed by atoms with Crippen molar-refractivity contribution in [2.24, 2.45) is 0 Å². The van der Waals surface area contributed by atoms with Crippen molar-refractivity contribution in [2.75, 3.05) is 26.9 Å². The van der Waals surface area contributed by atoms with Crippen molar-refractivity contribution in [1.29, 1.82) is 0 Å². The second kappa shape index (κ2) is 12.8. The Kier molecular flexibility index (Phi) is 10.1. The zero-order chi connectivity index (χ0) is 26.8. The zero-order valence-electron chi connectivity index (χ0n) is 18.8. The molecule has 2 aromatic carbocycles. The van der Waals surface area contributed by atoms with Gasteiger partial charge in [0, 0.05) is 19.2 Å². The summed E-state index contributed by atoms with van der Waals surface area (Å²) < 4.78 is 87.4. The fourth-order valence-corrected chi connectivity index (χ4v) is 2.63. The highest BCUT2D eigenvalue weighted by atomic mass is 19.4. The molecular formula is C23H22F6N2O5. The number of hydrogen-bond donors (Lipinski definition) is 2. The van der Waals surface area contributed by atoms with E-state index in [1.54, 1.807) is 0 Å². The second-order valence-corrected chi connectivity index (χ2v) is 7.12. The summed E-state index contributed by atoms with van der Waals surface area (Å²) >= 11 is 0. The molecule has 0 radical (unpaired) electrons. The lowest BCUT2D eigenvalue weighted by molar-refractivity contribution is -0.274. The first-order valence-electron chi connectivity index (χ1n) is 10.3. The fraction of sp³-hybridized carbons (Fsp3) is 0.304. The summed E-state index contributed by atoms with van der Waals surface area (Å²) in [5.74, 6) is -1.76. The van der Waals surface area contributed by atoms with Gasteiger partial charge in [-0.05, 0) is 48.0 Å². The van der Waals surface area contributed by atoms with Gasteiger partial charge in [-0.3, -0.25) is 9.59 Å². The Morgan fingerprint density at radius 1 is 0.889 bits per heavy atom. The van der Waals surface area contributed by atoms with Crippen LogP contribution in [-0.4, -0.2) is 51.2 Å². The molecule has 36 heavy (non-hydrogen) atoms. The molecule has 0 fully saturated rings. The normalized spacial score (nSPS) is 12.1. The van der Waals surface area contributed by atoms with E-state index in [-0.39, 0.29) is 35.7 Å². The van der Waals surface area contributed by atoms with Crippen LogP contribution in [0.5, 0.6) is 11.5 Å². The van der Waals surface area contributed by atoms with E-state index in [1.807, 2.05) is 0 Å². The summed E-state index contributed by atoms with van der Waals surface area (Å²) in [6, 6.07) is 9.77. The molecule has 7 nitrogen and oxygen atoms in total. The summed E-state index contributed by atoms with van der Waals surface area (Å²) in [6.45, 7) is -0.284. The number of benzene rings is 2. The summed E-state index contributed by atoms with van der Waals surface area (Å²) in [5, 5.41) is 4.93. The summed E-state index contributed by atoms with van der Waals surface area (Å²) in [5.41, 5.74) is 0.143. The number of carbonyl (C=O) groups excluding carboxylic acids is 2. The summed E-state index contributed by atoms with van der Waals surface area (Å²) in [6.07, 6.45) is -9.12. The van der Waals surface area contributed by atoms with Gasteiger partial charge in [0.15, 0.2) is 0 Å². The Bertz CT molecular complexity index is 1030. The molecule has 0 aromatic heterocycles. The van der Waals surface area contributed by atoms with Gasteiger partial charge >= 0.3 is 12.5 Å². The lowest BCUT2D eigenvalue weighted by Crippen LogP contribution is -2.36. The Hall–Kier alpha value is -3.74. The van der Waals surface area contributed by atoms with Crippen LogP contribution >= 0.6 is 0 Å². The highest BCUT2D eigenvalue weighted by Gasteiger charge is 2.31. The van der Waals surface area contributed by atoms with E-state index in [0.717, 1.165) is 12.1 Å². The molecule has 2 amide bonds. The van der Waals surface area contributed by atoms with E-state index in [0.29, 0.717) is 0 Å². The molecule has 0 saturated carbocycles. The zero-order valence-corrected chi connectivity index (χ0v) is 18.8. The summed E-state index contributed by atoms with van der Waals surface area (Å²) in [7, 11) is 1.42. The molecule has 0 unspecified atom stereocenters. The van der Waals surface area contributed by atoms with E-state index in [1.165, 1.54) is 49.6 Å².